The van der Waals surface area contributed by atoms with E-state index in [0.29, 0.717) is 12.3 Å². The Bertz CT molecular complexity index is 485. The Morgan fingerprint density at radius 3 is 2.83 bits per heavy atom. The van der Waals surface area contributed by atoms with Gasteiger partial charge in [-0.05, 0) is 25.2 Å². The van der Waals surface area contributed by atoms with Crippen LogP contribution in [0.15, 0.2) is 6.20 Å². The molecule has 0 radical (unpaired) electrons. The van der Waals surface area contributed by atoms with Crippen LogP contribution in [0, 0.1) is 5.92 Å². The molecule has 3 rings (SSSR count). The maximum atomic E-state index is 13.0. The topological polar surface area (TPSA) is 67.1 Å². The molecule has 0 bridgehead atoms. The van der Waals surface area contributed by atoms with Crippen molar-refractivity contribution in [2.45, 2.75) is 37.8 Å². The van der Waals surface area contributed by atoms with Crippen molar-refractivity contribution in [1.29, 1.82) is 0 Å². The largest absolute Gasteiger partial charge is 0.477 e. The molecule has 0 unspecified atom stereocenters. The maximum Gasteiger partial charge on any atom is 0.341 e. The zero-order valence-electron chi connectivity index (χ0n) is 9.51. The van der Waals surface area contributed by atoms with Gasteiger partial charge in [-0.3, -0.25) is 0 Å². The average molecular weight is 257 g/mol. The Labute approximate surface area is 102 Å². The van der Waals surface area contributed by atoms with Gasteiger partial charge in [0.25, 0.3) is 6.43 Å². The van der Waals surface area contributed by atoms with Gasteiger partial charge in [-0.25, -0.2) is 18.3 Å². The first kappa shape index (κ1) is 11.4. The van der Waals surface area contributed by atoms with Crippen molar-refractivity contribution in [3.05, 3.63) is 11.8 Å². The lowest BCUT2D eigenvalue weighted by molar-refractivity contribution is 0.0633. The summed E-state index contributed by atoms with van der Waals surface area (Å²) in [6.45, 7) is 0. The molecule has 1 aliphatic heterocycles. The smallest absolute Gasteiger partial charge is 0.341 e. The number of carboxylic acid groups (broad SMARTS) is 1. The van der Waals surface area contributed by atoms with Gasteiger partial charge in [-0.2, -0.15) is 5.10 Å². The number of rotatable bonds is 3. The van der Waals surface area contributed by atoms with Crippen LogP contribution >= 0.6 is 0 Å². The molecule has 2 atom stereocenters. The maximum absolute atomic E-state index is 13.0. The Balaban J connectivity index is 1.99. The van der Waals surface area contributed by atoms with E-state index in [2.05, 4.69) is 10.4 Å². The first-order chi connectivity index (χ1) is 8.58. The van der Waals surface area contributed by atoms with E-state index in [1.54, 1.807) is 0 Å². The summed E-state index contributed by atoms with van der Waals surface area (Å²) < 4.78 is 27.2. The first-order valence-electron chi connectivity index (χ1n) is 5.93. The number of anilines is 1. The molecule has 1 fully saturated rings. The lowest BCUT2D eigenvalue weighted by Gasteiger charge is -2.32. The fourth-order valence-electron chi connectivity index (χ4n) is 2.53. The van der Waals surface area contributed by atoms with Gasteiger partial charge in [-0.15, -0.1) is 0 Å². The van der Waals surface area contributed by atoms with Crippen molar-refractivity contribution in [3.8, 4) is 0 Å². The fraction of sp³-hybridized carbons (Fsp3) is 0.636. The van der Waals surface area contributed by atoms with Gasteiger partial charge in [-0.1, -0.05) is 0 Å². The molecule has 2 aliphatic rings. The van der Waals surface area contributed by atoms with E-state index in [4.69, 9.17) is 5.11 Å². The molecule has 98 valence electrons. The lowest BCUT2D eigenvalue weighted by Crippen LogP contribution is -2.37. The lowest BCUT2D eigenvalue weighted by atomic mass is 10.0. The van der Waals surface area contributed by atoms with Crippen LogP contribution < -0.4 is 5.32 Å². The molecule has 0 amide bonds. The highest BCUT2D eigenvalue weighted by molar-refractivity contribution is 5.93. The van der Waals surface area contributed by atoms with E-state index >= 15 is 0 Å². The van der Waals surface area contributed by atoms with Gasteiger partial charge in [0.15, 0.2) is 0 Å². The quantitative estimate of drug-likeness (QED) is 0.868. The van der Waals surface area contributed by atoms with Gasteiger partial charge in [0.1, 0.15) is 17.4 Å². The molecule has 0 aromatic carbocycles. The second kappa shape index (κ2) is 3.93. The van der Waals surface area contributed by atoms with Crippen LogP contribution in [0.4, 0.5) is 14.6 Å². The number of fused-ring (bicyclic) bond motifs is 1. The molecule has 1 saturated carbocycles. The van der Waals surface area contributed by atoms with Crippen molar-refractivity contribution >= 4 is 11.8 Å². The third-order valence-electron chi connectivity index (χ3n) is 3.64. The van der Waals surface area contributed by atoms with E-state index in [0.717, 1.165) is 23.7 Å². The second-order valence-electron chi connectivity index (χ2n) is 4.88. The fourth-order valence-corrected chi connectivity index (χ4v) is 2.53. The molecule has 18 heavy (non-hydrogen) atoms. The van der Waals surface area contributed by atoms with Gasteiger partial charge >= 0.3 is 5.97 Å². The first-order valence-corrected chi connectivity index (χ1v) is 5.93. The van der Waals surface area contributed by atoms with Crippen molar-refractivity contribution in [1.82, 2.24) is 9.78 Å². The van der Waals surface area contributed by atoms with Crippen molar-refractivity contribution < 1.29 is 18.7 Å². The van der Waals surface area contributed by atoms with Gasteiger partial charge in [0, 0.05) is 6.04 Å². The number of alkyl halides is 2. The molecule has 0 spiro atoms. The number of aromatic nitrogens is 2. The molecule has 7 heteroatoms. The Morgan fingerprint density at radius 1 is 1.56 bits per heavy atom. The van der Waals surface area contributed by atoms with Crippen LogP contribution in [0.2, 0.25) is 0 Å². The zero-order chi connectivity index (χ0) is 12.9. The molecule has 2 N–H and O–H groups in total. The van der Waals surface area contributed by atoms with E-state index < -0.39 is 18.4 Å². The van der Waals surface area contributed by atoms with E-state index in [1.807, 2.05) is 0 Å². The second-order valence-corrected chi connectivity index (χ2v) is 4.88. The number of carboxylic acids is 1. The van der Waals surface area contributed by atoms with Crippen molar-refractivity contribution in [3.63, 3.8) is 0 Å². The number of hydrogen-bond donors (Lipinski definition) is 2. The van der Waals surface area contributed by atoms with E-state index in [1.165, 1.54) is 0 Å². The number of hydrogen-bond acceptors (Lipinski definition) is 3. The predicted molar refractivity (Wildman–Crippen MR) is 59.0 cm³/mol. The summed E-state index contributed by atoms with van der Waals surface area (Å²) in [5.41, 5.74) is -0.0361. The molecular formula is C11H13F2N3O2. The minimum Gasteiger partial charge on any atom is -0.477 e. The van der Waals surface area contributed by atoms with Crippen LogP contribution in [-0.2, 0) is 0 Å². The highest BCUT2D eigenvalue weighted by Gasteiger charge is 2.41. The SMILES string of the molecule is O=C(O)c1cnn2c1N[C@@H](C1CC1)C[C@H]2C(F)F. The number of aromatic carboxylic acids is 1. The number of nitrogens with one attached hydrogen (secondary N) is 1. The standard InChI is InChI=1S/C11H13F2N3O2/c12-9(13)8-3-7(5-1-2-5)15-10-6(11(17)18)4-14-16(8)10/h4-5,7-9,15H,1-3H2,(H,17,18)/t7-,8+/m1/s1. The molecule has 1 aliphatic carbocycles. The summed E-state index contributed by atoms with van der Waals surface area (Å²) in [4.78, 5) is 11.0. The minimum atomic E-state index is -2.53. The molecule has 1 aromatic rings. The summed E-state index contributed by atoms with van der Waals surface area (Å²) in [7, 11) is 0. The number of nitrogens with zero attached hydrogens (tertiary/aromatic N) is 2. The van der Waals surface area contributed by atoms with Gasteiger partial charge in [0.2, 0.25) is 0 Å². The number of carbonyl (C=O) groups is 1. The minimum absolute atomic E-state index is 0.0361. The average Bonchev–Trinajstić information content (AvgIpc) is 3.07. The van der Waals surface area contributed by atoms with Crippen molar-refractivity contribution in [2.24, 2.45) is 5.92 Å². The van der Waals surface area contributed by atoms with Crippen LogP contribution in [0.5, 0.6) is 0 Å². The van der Waals surface area contributed by atoms with Crippen LogP contribution in [0.25, 0.3) is 0 Å². The Kier molecular flexibility index (Phi) is 2.49. The Hall–Kier alpha value is -1.66. The normalized spacial score (nSPS) is 26.8. The summed E-state index contributed by atoms with van der Waals surface area (Å²) in [5, 5.41) is 15.9. The molecular weight excluding hydrogens is 244 g/mol. The van der Waals surface area contributed by atoms with Gasteiger partial charge < -0.3 is 10.4 Å². The number of halogens is 2. The zero-order valence-corrected chi connectivity index (χ0v) is 9.51. The highest BCUT2D eigenvalue weighted by Crippen LogP contribution is 2.42. The third kappa shape index (κ3) is 1.74. The van der Waals surface area contributed by atoms with Crippen LogP contribution in [0.1, 0.15) is 35.7 Å². The Morgan fingerprint density at radius 2 is 2.28 bits per heavy atom. The summed E-state index contributed by atoms with van der Waals surface area (Å²) in [6, 6.07) is -1.09. The molecule has 1 aromatic heterocycles. The summed E-state index contributed by atoms with van der Waals surface area (Å²) >= 11 is 0. The third-order valence-corrected chi connectivity index (χ3v) is 3.64. The molecule has 5 nitrogen and oxygen atoms in total. The van der Waals surface area contributed by atoms with Crippen molar-refractivity contribution in [2.75, 3.05) is 5.32 Å². The molecule has 0 saturated heterocycles. The van der Waals surface area contributed by atoms with E-state index in [-0.39, 0.29) is 17.4 Å². The van der Waals surface area contributed by atoms with Crippen LogP contribution in [-0.4, -0.2) is 33.3 Å². The predicted octanol–water partition coefficient (Wildman–Crippen LogP) is 1.98. The van der Waals surface area contributed by atoms with Crippen LogP contribution in [0.3, 0.4) is 0 Å². The molecule has 2 heterocycles. The van der Waals surface area contributed by atoms with Gasteiger partial charge in [0.05, 0.1) is 6.20 Å². The summed E-state index contributed by atoms with van der Waals surface area (Å²) in [5.74, 6) is -0.541. The van der Waals surface area contributed by atoms with E-state index in [9.17, 15) is 13.6 Å². The summed E-state index contributed by atoms with van der Waals surface area (Å²) in [6.07, 6.45) is 0.938. The highest BCUT2D eigenvalue weighted by atomic mass is 19.3. The monoisotopic (exact) mass is 257 g/mol.